The average molecular weight is 232 g/mol. The zero-order valence-corrected chi connectivity index (χ0v) is 8.29. The minimum Gasteiger partial charge on any atom is -0.368 e. The van der Waals surface area contributed by atoms with E-state index in [0.29, 0.717) is 5.56 Å². The van der Waals surface area contributed by atoms with E-state index in [1.54, 1.807) is 0 Å². The van der Waals surface area contributed by atoms with Gasteiger partial charge in [0.1, 0.15) is 0 Å². The lowest BCUT2D eigenvalue weighted by molar-refractivity contribution is -0.137. The van der Waals surface area contributed by atoms with Crippen LogP contribution in [-0.2, 0) is 17.4 Å². The third-order valence-corrected chi connectivity index (χ3v) is 2.08. The van der Waals surface area contributed by atoms with E-state index in [1.165, 1.54) is 12.1 Å². The van der Waals surface area contributed by atoms with Crippen molar-refractivity contribution in [1.29, 1.82) is 0 Å². The fourth-order valence-electron chi connectivity index (χ4n) is 1.23. The molecule has 1 rings (SSSR count). The van der Waals surface area contributed by atoms with Gasteiger partial charge < -0.3 is 11.5 Å². The van der Waals surface area contributed by atoms with Gasteiger partial charge in [0, 0.05) is 0 Å². The molecular formula is C10H11F3N2O. The van der Waals surface area contributed by atoms with Crippen LogP contribution in [0.15, 0.2) is 24.3 Å². The highest BCUT2D eigenvalue weighted by Gasteiger charge is 2.30. The Morgan fingerprint density at radius 1 is 1.38 bits per heavy atom. The molecule has 0 saturated carbocycles. The molecule has 1 amide bonds. The molecule has 1 unspecified atom stereocenters. The lowest BCUT2D eigenvalue weighted by atomic mass is 10.0. The Labute approximate surface area is 90.2 Å². The van der Waals surface area contributed by atoms with E-state index in [0.717, 1.165) is 12.1 Å². The van der Waals surface area contributed by atoms with Gasteiger partial charge in [-0.2, -0.15) is 13.2 Å². The van der Waals surface area contributed by atoms with Gasteiger partial charge in [-0.1, -0.05) is 18.2 Å². The normalized spacial score (nSPS) is 13.5. The predicted molar refractivity (Wildman–Crippen MR) is 52.3 cm³/mol. The molecule has 1 aromatic rings. The lowest BCUT2D eigenvalue weighted by Crippen LogP contribution is -2.38. The van der Waals surface area contributed by atoms with E-state index in [4.69, 9.17) is 11.5 Å². The Morgan fingerprint density at radius 2 is 2.00 bits per heavy atom. The predicted octanol–water partition coefficient (Wildman–Crippen LogP) is 1.06. The summed E-state index contributed by atoms with van der Waals surface area (Å²) in [6, 6.07) is 3.69. The first-order chi connectivity index (χ1) is 7.30. The first-order valence-corrected chi connectivity index (χ1v) is 4.51. The molecule has 0 aliphatic rings. The van der Waals surface area contributed by atoms with Crippen LogP contribution in [-0.4, -0.2) is 11.9 Å². The van der Waals surface area contributed by atoms with Crippen LogP contribution in [0.2, 0.25) is 0 Å². The highest BCUT2D eigenvalue weighted by Crippen LogP contribution is 2.29. The van der Waals surface area contributed by atoms with Crippen molar-refractivity contribution in [2.24, 2.45) is 11.5 Å². The fourth-order valence-corrected chi connectivity index (χ4v) is 1.23. The largest absolute Gasteiger partial charge is 0.416 e. The maximum absolute atomic E-state index is 12.3. The molecule has 6 heteroatoms. The van der Waals surface area contributed by atoms with E-state index < -0.39 is 23.7 Å². The van der Waals surface area contributed by atoms with Gasteiger partial charge in [0.15, 0.2) is 0 Å². The van der Waals surface area contributed by atoms with Gasteiger partial charge in [-0.25, -0.2) is 0 Å². The Morgan fingerprint density at radius 3 is 2.50 bits per heavy atom. The molecule has 0 spiro atoms. The number of alkyl halides is 3. The Hall–Kier alpha value is -1.56. The molecule has 16 heavy (non-hydrogen) atoms. The van der Waals surface area contributed by atoms with Gasteiger partial charge in [0.05, 0.1) is 11.6 Å². The third-order valence-electron chi connectivity index (χ3n) is 2.08. The van der Waals surface area contributed by atoms with E-state index in [1.807, 2.05) is 0 Å². The molecular weight excluding hydrogens is 221 g/mol. The number of amides is 1. The Balaban J connectivity index is 2.87. The third kappa shape index (κ3) is 3.23. The molecule has 88 valence electrons. The second kappa shape index (κ2) is 4.52. The summed E-state index contributed by atoms with van der Waals surface area (Å²) in [5.41, 5.74) is 9.85. The van der Waals surface area contributed by atoms with Crippen molar-refractivity contribution >= 4 is 5.91 Å². The molecule has 0 radical (unpaired) electrons. The molecule has 0 heterocycles. The molecule has 0 aliphatic carbocycles. The summed E-state index contributed by atoms with van der Waals surface area (Å²) in [6.45, 7) is 0. The van der Waals surface area contributed by atoms with E-state index in [2.05, 4.69) is 0 Å². The SMILES string of the molecule is NC(=O)C(N)Cc1cccc(C(F)(F)F)c1. The Kier molecular flexibility index (Phi) is 3.54. The molecule has 0 aliphatic heterocycles. The molecule has 4 N–H and O–H groups in total. The molecule has 0 aromatic heterocycles. The summed E-state index contributed by atoms with van der Waals surface area (Å²) in [5, 5.41) is 0. The standard InChI is InChI=1S/C10H11F3N2O/c11-10(12,13)7-3-1-2-6(4-7)5-8(14)9(15)16/h1-4,8H,5,14H2,(H2,15,16). The average Bonchev–Trinajstić information content (AvgIpc) is 2.16. The van der Waals surface area contributed by atoms with Crippen LogP contribution in [0.5, 0.6) is 0 Å². The minimum atomic E-state index is -4.40. The maximum Gasteiger partial charge on any atom is 0.416 e. The van der Waals surface area contributed by atoms with Gasteiger partial charge in [-0.3, -0.25) is 4.79 Å². The number of primary amides is 1. The van der Waals surface area contributed by atoms with E-state index in [-0.39, 0.29) is 6.42 Å². The first kappa shape index (κ1) is 12.5. The van der Waals surface area contributed by atoms with Crippen LogP contribution >= 0.6 is 0 Å². The number of benzene rings is 1. The second-order valence-electron chi connectivity index (χ2n) is 3.41. The number of carbonyl (C=O) groups is 1. The van der Waals surface area contributed by atoms with Crippen molar-refractivity contribution in [2.75, 3.05) is 0 Å². The second-order valence-corrected chi connectivity index (χ2v) is 3.41. The van der Waals surface area contributed by atoms with Gasteiger partial charge in [0.2, 0.25) is 5.91 Å². The number of halogens is 3. The number of hydrogen-bond acceptors (Lipinski definition) is 2. The monoisotopic (exact) mass is 232 g/mol. The van der Waals surface area contributed by atoms with Crippen LogP contribution in [0, 0.1) is 0 Å². The van der Waals surface area contributed by atoms with E-state index >= 15 is 0 Å². The van der Waals surface area contributed by atoms with E-state index in [9.17, 15) is 18.0 Å². The summed E-state index contributed by atoms with van der Waals surface area (Å²) in [7, 11) is 0. The molecule has 1 aromatic carbocycles. The molecule has 3 nitrogen and oxygen atoms in total. The smallest absolute Gasteiger partial charge is 0.368 e. The van der Waals surface area contributed by atoms with Crippen molar-refractivity contribution < 1.29 is 18.0 Å². The quantitative estimate of drug-likeness (QED) is 0.818. The highest BCUT2D eigenvalue weighted by atomic mass is 19.4. The van der Waals surface area contributed by atoms with Gasteiger partial charge in [-0.05, 0) is 18.1 Å². The molecule has 1 atom stereocenters. The van der Waals surface area contributed by atoms with Crippen LogP contribution in [0.3, 0.4) is 0 Å². The molecule has 0 saturated heterocycles. The first-order valence-electron chi connectivity index (χ1n) is 4.51. The summed E-state index contributed by atoms with van der Waals surface area (Å²) < 4.78 is 37.0. The topological polar surface area (TPSA) is 69.1 Å². The number of carbonyl (C=O) groups excluding carboxylic acids is 1. The molecule has 0 fully saturated rings. The van der Waals surface area contributed by atoms with Crippen LogP contribution in [0.1, 0.15) is 11.1 Å². The van der Waals surface area contributed by atoms with Gasteiger partial charge in [-0.15, -0.1) is 0 Å². The van der Waals surface area contributed by atoms with Crippen molar-refractivity contribution in [1.82, 2.24) is 0 Å². The van der Waals surface area contributed by atoms with Crippen molar-refractivity contribution in [3.63, 3.8) is 0 Å². The summed E-state index contributed by atoms with van der Waals surface area (Å²) >= 11 is 0. The number of hydrogen-bond donors (Lipinski definition) is 2. The summed E-state index contributed by atoms with van der Waals surface area (Å²) in [4.78, 5) is 10.7. The lowest BCUT2D eigenvalue weighted by Gasteiger charge is -2.10. The number of rotatable bonds is 3. The van der Waals surface area contributed by atoms with Crippen LogP contribution in [0.25, 0.3) is 0 Å². The van der Waals surface area contributed by atoms with Crippen LogP contribution < -0.4 is 11.5 Å². The highest BCUT2D eigenvalue weighted by molar-refractivity contribution is 5.79. The van der Waals surface area contributed by atoms with Crippen molar-refractivity contribution in [3.8, 4) is 0 Å². The van der Waals surface area contributed by atoms with Gasteiger partial charge >= 0.3 is 6.18 Å². The zero-order chi connectivity index (χ0) is 12.3. The van der Waals surface area contributed by atoms with Crippen LogP contribution in [0.4, 0.5) is 13.2 Å². The summed E-state index contributed by atoms with van der Waals surface area (Å²) in [5.74, 6) is -0.739. The Bertz CT molecular complexity index is 390. The van der Waals surface area contributed by atoms with Gasteiger partial charge in [0.25, 0.3) is 0 Å². The van der Waals surface area contributed by atoms with Crippen molar-refractivity contribution in [3.05, 3.63) is 35.4 Å². The zero-order valence-electron chi connectivity index (χ0n) is 8.29. The number of nitrogens with two attached hydrogens (primary N) is 2. The van der Waals surface area contributed by atoms with Crippen molar-refractivity contribution in [2.45, 2.75) is 18.6 Å². The molecule has 0 bridgehead atoms. The maximum atomic E-state index is 12.3. The minimum absolute atomic E-state index is 0.000741. The summed E-state index contributed by atoms with van der Waals surface area (Å²) in [6.07, 6.45) is -4.40. The fraction of sp³-hybridized carbons (Fsp3) is 0.300.